The van der Waals surface area contributed by atoms with E-state index < -0.39 is 29.3 Å². The van der Waals surface area contributed by atoms with Gasteiger partial charge < -0.3 is 33.7 Å². The van der Waals surface area contributed by atoms with Crippen LogP contribution in [-0.2, 0) is 34.9 Å². The monoisotopic (exact) mass is 646 g/mol. The zero-order valence-corrected chi connectivity index (χ0v) is 28.0. The zero-order valence-electron chi connectivity index (χ0n) is 27.1. The number of carbonyl (C=O) groups is 3. The maximum absolute atomic E-state index is 12.8. The van der Waals surface area contributed by atoms with Gasteiger partial charge in [0.1, 0.15) is 40.5 Å². The van der Waals surface area contributed by atoms with Crippen molar-refractivity contribution in [3.05, 3.63) is 51.7 Å². The molecule has 2 aromatic rings. The molecule has 0 aliphatic rings. The summed E-state index contributed by atoms with van der Waals surface area (Å²) in [5, 5.41) is 11.5. The SMILES string of the molecule is CC(C)(C)OC(=O)N[C@@H](Cc1ccc(OCCOCCOCCOCCCC(=O)c2ccc(C#N)s2)cc1)C(=O)OC(C)(C)C. The van der Waals surface area contributed by atoms with Gasteiger partial charge in [-0.2, -0.15) is 5.26 Å². The van der Waals surface area contributed by atoms with E-state index in [2.05, 4.69) is 5.32 Å². The molecule has 0 spiro atoms. The largest absolute Gasteiger partial charge is 0.491 e. The van der Waals surface area contributed by atoms with Gasteiger partial charge in [0.05, 0.1) is 37.9 Å². The molecule has 0 aliphatic heterocycles. The van der Waals surface area contributed by atoms with E-state index >= 15 is 0 Å². The first-order valence-corrected chi connectivity index (χ1v) is 15.8. The van der Waals surface area contributed by atoms with Crippen LogP contribution in [0.15, 0.2) is 36.4 Å². The van der Waals surface area contributed by atoms with Crippen molar-refractivity contribution < 1.29 is 42.8 Å². The third kappa shape index (κ3) is 17.0. The molecule has 0 aliphatic carbocycles. The van der Waals surface area contributed by atoms with E-state index in [0.29, 0.717) is 74.6 Å². The summed E-state index contributed by atoms with van der Waals surface area (Å²) >= 11 is 1.21. The predicted octanol–water partition coefficient (Wildman–Crippen LogP) is 5.49. The molecule has 0 fully saturated rings. The lowest BCUT2D eigenvalue weighted by atomic mass is 10.1. The van der Waals surface area contributed by atoms with Crippen molar-refractivity contribution in [3.63, 3.8) is 0 Å². The molecule has 0 unspecified atom stereocenters. The van der Waals surface area contributed by atoms with Crippen LogP contribution in [0.5, 0.6) is 5.75 Å². The topological polar surface area (TPSA) is 142 Å². The second-order valence-corrected chi connectivity index (χ2v) is 13.2. The van der Waals surface area contributed by atoms with E-state index in [-0.39, 0.29) is 12.2 Å². The van der Waals surface area contributed by atoms with Crippen LogP contribution in [0.25, 0.3) is 0 Å². The minimum Gasteiger partial charge on any atom is -0.491 e. The predicted molar refractivity (Wildman–Crippen MR) is 170 cm³/mol. The average Bonchev–Trinajstić information content (AvgIpc) is 3.44. The van der Waals surface area contributed by atoms with E-state index in [1.54, 1.807) is 65.8 Å². The summed E-state index contributed by atoms with van der Waals surface area (Å²) < 4.78 is 33.1. The van der Waals surface area contributed by atoms with Crippen LogP contribution >= 0.6 is 11.3 Å². The molecule has 0 bridgehead atoms. The van der Waals surface area contributed by atoms with E-state index in [0.717, 1.165) is 5.56 Å². The summed E-state index contributed by atoms with van der Waals surface area (Å²) in [7, 11) is 0. The normalized spacial score (nSPS) is 12.2. The lowest BCUT2D eigenvalue weighted by molar-refractivity contribution is -0.157. The number of nitrogens with one attached hydrogen (secondary N) is 1. The van der Waals surface area contributed by atoms with Gasteiger partial charge in [-0.25, -0.2) is 9.59 Å². The number of ether oxygens (including phenoxy) is 6. The van der Waals surface area contributed by atoms with Gasteiger partial charge in [-0.1, -0.05) is 12.1 Å². The molecule has 0 saturated heterocycles. The average molecular weight is 647 g/mol. The third-order valence-corrected chi connectivity index (χ3v) is 6.70. The van der Waals surface area contributed by atoms with Gasteiger partial charge in [0.2, 0.25) is 0 Å². The molecule has 0 radical (unpaired) electrons. The van der Waals surface area contributed by atoms with Crippen molar-refractivity contribution in [2.45, 2.75) is 78.0 Å². The fourth-order valence-electron chi connectivity index (χ4n) is 3.74. The fraction of sp³-hybridized carbons (Fsp3) is 0.576. The zero-order chi connectivity index (χ0) is 33.3. The summed E-state index contributed by atoms with van der Waals surface area (Å²) in [6, 6.07) is 11.7. The van der Waals surface area contributed by atoms with Gasteiger partial charge in [-0.05, 0) is 77.8 Å². The van der Waals surface area contributed by atoms with Gasteiger partial charge in [0.25, 0.3) is 0 Å². The number of nitrogens with zero attached hydrogens (tertiary/aromatic N) is 1. The van der Waals surface area contributed by atoms with Crippen molar-refractivity contribution >= 4 is 29.2 Å². The summed E-state index contributed by atoms with van der Waals surface area (Å²) in [5.41, 5.74) is -0.589. The Morgan fingerprint density at radius 2 is 1.38 bits per heavy atom. The molecule has 1 heterocycles. The number of hydrogen-bond donors (Lipinski definition) is 1. The first-order valence-electron chi connectivity index (χ1n) is 15.0. The van der Waals surface area contributed by atoms with Gasteiger partial charge in [-0.15, -0.1) is 11.3 Å². The van der Waals surface area contributed by atoms with Crippen LogP contribution in [0.4, 0.5) is 4.79 Å². The Kier molecular flexibility index (Phi) is 16.0. The minimum absolute atomic E-state index is 0.0256. The Labute approximate surface area is 270 Å². The van der Waals surface area contributed by atoms with Gasteiger partial charge in [-0.3, -0.25) is 4.79 Å². The van der Waals surface area contributed by atoms with E-state index in [1.165, 1.54) is 11.3 Å². The number of alkyl carbamates (subject to hydrolysis) is 1. The Bertz CT molecular complexity index is 1240. The van der Waals surface area contributed by atoms with E-state index in [4.69, 9.17) is 33.7 Å². The molecule has 1 aromatic heterocycles. The summed E-state index contributed by atoms with van der Waals surface area (Å²) in [6.07, 6.45) is 0.531. The van der Waals surface area contributed by atoms with Gasteiger partial charge in [0.15, 0.2) is 5.78 Å². The minimum atomic E-state index is -0.916. The second kappa shape index (κ2) is 19.1. The summed E-state index contributed by atoms with van der Waals surface area (Å²) in [5.74, 6) is 0.129. The number of ketones is 1. The Hall–Kier alpha value is -3.50. The van der Waals surface area contributed by atoms with E-state index in [1.807, 2.05) is 18.2 Å². The lowest BCUT2D eigenvalue weighted by Crippen LogP contribution is -2.47. The Morgan fingerprint density at radius 1 is 0.800 bits per heavy atom. The number of amides is 1. The number of benzene rings is 1. The molecular weight excluding hydrogens is 600 g/mol. The molecule has 1 aromatic carbocycles. The van der Waals surface area contributed by atoms with Gasteiger partial charge in [0, 0.05) is 19.4 Å². The number of carbonyl (C=O) groups excluding carboxylic acids is 3. The number of hydrogen-bond acceptors (Lipinski definition) is 11. The van der Waals surface area contributed by atoms with Crippen molar-refractivity contribution in [1.82, 2.24) is 5.32 Å². The van der Waals surface area contributed by atoms with Gasteiger partial charge >= 0.3 is 12.1 Å². The third-order valence-electron chi connectivity index (χ3n) is 5.67. The number of rotatable bonds is 19. The summed E-state index contributed by atoms with van der Waals surface area (Å²) in [6.45, 7) is 13.5. The molecule has 2 rings (SSSR count). The Morgan fingerprint density at radius 3 is 1.93 bits per heavy atom. The maximum Gasteiger partial charge on any atom is 0.408 e. The highest BCUT2D eigenvalue weighted by Gasteiger charge is 2.29. The van der Waals surface area contributed by atoms with Crippen molar-refractivity contribution in [3.8, 4) is 11.8 Å². The molecular formula is C33H46N2O9S. The highest BCUT2D eigenvalue weighted by atomic mass is 32.1. The van der Waals surface area contributed by atoms with Crippen molar-refractivity contribution in [2.24, 2.45) is 0 Å². The van der Waals surface area contributed by atoms with Crippen molar-refractivity contribution in [2.75, 3.05) is 46.2 Å². The van der Waals surface area contributed by atoms with Crippen LogP contribution in [0, 0.1) is 11.3 Å². The standard InChI is InChI=1S/C33H46N2O9S/c1-32(2,3)43-30(37)27(35-31(38)44-33(4,5)6)22-24-9-11-25(12-10-24)42-21-20-41-19-18-40-17-16-39-15-7-8-28(36)29-14-13-26(23-34)45-29/h9-14,27H,7-8,15-22H2,1-6H3,(H,35,38)/t27-/m0/s1. The van der Waals surface area contributed by atoms with Crippen LogP contribution in [0.1, 0.15) is 74.5 Å². The number of Topliss-reactive ketones (excluding diaryl/α,β-unsaturated/α-hetero) is 1. The quantitative estimate of drug-likeness (QED) is 0.118. The molecule has 12 heteroatoms. The highest BCUT2D eigenvalue weighted by molar-refractivity contribution is 7.14. The lowest BCUT2D eigenvalue weighted by Gasteiger charge is -2.26. The molecule has 45 heavy (non-hydrogen) atoms. The van der Waals surface area contributed by atoms with Crippen LogP contribution in [-0.4, -0.2) is 81.3 Å². The first-order chi connectivity index (χ1) is 21.3. The number of esters is 1. The molecule has 1 N–H and O–H groups in total. The van der Waals surface area contributed by atoms with Crippen molar-refractivity contribution in [1.29, 1.82) is 5.26 Å². The first kappa shape index (κ1) is 37.7. The van der Waals surface area contributed by atoms with Crippen LogP contribution in [0.3, 0.4) is 0 Å². The fourth-order valence-corrected chi connectivity index (χ4v) is 4.51. The smallest absolute Gasteiger partial charge is 0.408 e. The molecule has 248 valence electrons. The molecule has 1 amide bonds. The molecule has 1 atom stereocenters. The van der Waals surface area contributed by atoms with Crippen LogP contribution < -0.4 is 10.1 Å². The van der Waals surface area contributed by atoms with E-state index in [9.17, 15) is 14.4 Å². The number of nitriles is 1. The highest BCUT2D eigenvalue weighted by Crippen LogP contribution is 2.18. The maximum atomic E-state index is 12.8. The Balaban J connectivity index is 1.57. The molecule has 11 nitrogen and oxygen atoms in total. The van der Waals surface area contributed by atoms with Crippen LogP contribution in [0.2, 0.25) is 0 Å². The summed E-state index contributed by atoms with van der Waals surface area (Å²) in [4.78, 5) is 38.3. The second-order valence-electron chi connectivity index (χ2n) is 12.1. The molecule has 0 saturated carbocycles. The number of thiophene rings is 1.